The van der Waals surface area contributed by atoms with Crippen LogP contribution in [-0.4, -0.2) is 10.1 Å². The van der Waals surface area contributed by atoms with Crippen LogP contribution in [0.4, 0.5) is 13.2 Å². The molecule has 1 aromatic rings. The first-order valence-electron chi connectivity index (χ1n) is 3.12. The molecule has 0 aromatic carbocycles. The minimum absolute atomic E-state index is 0.0230. The molecule has 0 fully saturated rings. The van der Waals surface area contributed by atoms with E-state index >= 15 is 0 Å². The summed E-state index contributed by atoms with van der Waals surface area (Å²) in [6, 6.07) is 0. The highest BCUT2D eigenvalue weighted by Crippen LogP contribution is 2.33. The molecule has 0 bridgehead atoms. The van der Waals surface area contributed by atoms with Crippen LogP contribution in [0.25, 0.3) is 0 Å². The molecule has 70 valence electrons. The molecule has 1 aromatic heterocycles. The summed E-state index contributed by atoms with van der Waals surface area (Å²) in [6.07, 6.45) is -0.0378. The molecule has 0 saturated heterocycles. The zero-order chi connectivity index (χ0) is 10.1. The minimum atomic E-state index is -4.47. The fourth-order valence-electron chi connectivity index (χ4n) is 0.626. The molecule has 13 heavy (non-hydrogen) atoms. The van der Waals surface area contributed by atoms with E-state index in [9.17, 15) is 13.2 Å². The summed E-state index contributed by atoms with van der Waals surface area (Å²) in [5, 5.41) is 7.97. The van der Waals surface area contributed by atoms with E-state index < -0.39 is 17.3 Å². The molecule has 0 aliphatic heterocycles. The van der Waals surface area contributed by atoms with Crippen LogP contribution in [-0.2, 0) is 6.18 Å². The number of nitrogens with zero attached hydrogens (tertiary/aromatic N) is 1. The van der Waals surface area contributed by atoms with Gasteiger partial charge in [-0.1, -0.05) is 5.92 Å². The molecule has 0 aliphatic carbocycles. The molecule has 0 amide bonds. The third kappa shape index (κ3) is 2.20. The maximum absolute atomic E-state index is 12.0. The van der Waals surface area contributed by atoms with Crippen LogP contribution in [0.3, 0.4) is 0 Å². The second-order valence-corrected chi connectivity index (χ2v) is 3.20. The summed E-state index contributed by atoms with van der Waals surface area (Å²) < 4.78 is 35.9. The van der Waals surface area contributed by atoms with Gasteiger partial charge in [-0.3, -0.25) is 0 Å². The summed E-state index contributed by atoms with van der Waals surface area (Å²) >= 11 is 0.344. The zero-order valence-corrected chi connectivity index (χ0v) is 6.99. The third-order valence-corrected chi connectivity index (χ3v) is 2.29. The lowest BCUT2D eigenvalue weighted by Gasteiger charge is -1.99. The summed E-state index contributed by atoms with van der Waals surface area (Å²) in [5.41, 5.74) is 0. The van der Waals surface area contributed by atoms with E-state index in [1.54, 1.807) is 0 Å². The fraction of sp³-hybridized carbons (Fsp3) is 0.286. The van der Waals surface area contributed by atoms with E-state index in [-0.39, 0.29) is 4.88 Å². The van der Waals surface area contributed by atoms with Gasteiger partial charge in [0.05, 0.1) is 4.88 Å². The van der Waals surface area contributed by atoms with Gasteiger partial charge in [0.1, 0.15) is 0 Å². The van der Waals surface area contributed by atoms with Gasteiger partial charge in [-0.05, 0) is 0 Å². The molecule has 1 N–H and O–H groups in total. The summed E-state index contributed by atoms with van der Waals surface area (Å²) in [5.74, 6) is 1.90. The Morgan fingerprint density at radius 1 is 1.62 bits per heavy atom. The predicted molar refractivity (Wildman–Crippen MR) is 40.9 cm³/mol. The Balaban J connectivity index is 2.95. The van der Waals surface area contributed by atoms with E-state index in [2.05, 4.69) is 4.98 Å². The first kappa shape index (κ1) is 10.0. The monoisotopic (exact) mass is 207 g/mol. The van der Waals surface area contributed by atoms with Crippen LogP contribution in [0.2, 0.25) is 0 Å². The van der Waals surface area contributed by atoms with Gasteiger partial charge in [0.2, 0.25) is 0 Å². The van der Waals surface area contributed by atoms with E-state index in [0.717, 1.165) is 6.20 Å². The quantitative estimate of drug-likeness (QED) is 0.712. The Hall–Kier alpha value is -1.06. The van der Waals surface area contributed by atoms with Crippen LogP contribution in [0.1, 0.15) is 16.0 Å². The van der Waals surface area contributed by atoms with Gasteiger partial charge in [0, 0.05) is 6.20 Å². The van der Waals surface area contributed by atoms with Gasteiger partial charge >= 0.3 is 6.18 Å². The van der Waals surface area contributed by atoms with Crippen LogP contribution in [0.5, 0.6) is 0 Å². The van der Waals surface area contributed by atoms with Crippen LogP contribution in [0, 0.1) is 12.3 Å². The Bertz CT molecular complexity index is 338. The van der Waals surface area contributed by atoms with Crippen molar-refractivity contribution in [2.75, 3.05) is 0 Å². The van der Waals surface area contributed by atoms with Crippen LogP contribution in [0.15, 0.2) is 6.20 Å². The highest BCUT2D eigenvalue weighted by molar-refractivity contribution is 7.11. The highest BCUT2D eigenvalue weighted by Gasteiger charge is 2.34. The SMILES string of the molecule is C#CC(O)c1cnc(C(F)(F)F)s1. The Morgan fingerprint density at radius 3 is 2.62 bits per heavy atom. The van der Waals surface area contributed by atoms with Crippen molar-refractivity contribution in [3.8, 4) is 12.3 Å². The molecular formula is C7H4F3NOS. The number of aliphatic hydroxyl groups is 1. The smallest absolute Gasteiger partial charge is 0.375 e. The van der Waals surface area contributed by atoms with Gasteiger partial charge in [0.15, 0.2) is 11.1 Å². The Kier molecular flexibility index (Phi) is 2.59. The number of terminal acetylenes is 1. The number of alkyl halides is 3. The number of hydrogen-bond donors (Lipinski definition) is 1. The summed E-state index contributed by atoms with van der Waals surface area (Å²) in [7, 11) is 0. The maximum atomic E-state index is 12.0. The first-order valence-corrected chi connectivity index (χ1v) is 3.94. The van der Waals surface area contributed by atoms with Gasteiger partial charge in [-0.25, -0.2) is 4.98 Å². The van der Waals surface area contributed by atoms with Crippen molar-refractivity contribution in [2.45, 2.75) is 12.3 Å². The molecule has 0 spiro atoms. The van der Waals surface area contributed by atoms with Crippen molar-refractivity contribution >= 4 is 11.3 Å². The lowest BCUT2D eigenvalue weighted by Crippen LogP contribution is -2.02. The number of rotatable bonds is 1. The van der Waals surface area contributed by atoms with E-state index in [1.807, 2.05) is 5.92 Å². The molecule has 0 saturated carbocycles. The average Bonchev–Trinajstić information content (AvgIpc) is 2.50. The molecule has 6 heteroatoms. The van der Waals surface area contributed by atoms with E-state index in [0.29, 0.717) is 11.3 Å². The zero-order valence-electron chi connectivity index (χ0n) is 6.17. The topological polar surface area (TPSA) is 33.1 Å². The number of hydrogen-bond acceptors (Lipinski definition) is 3. The number of aromatic nitrogens is 1. The largest absolute Gasteiger partial charge is 0.443 e. The Morgan fingerprint density at radius 2 is 2.23 bits per heavy atom. The van der Waals surface area contributed by atoms with Gasteiger partial charge in [0.25, 0.3) is 0 Å². The van der Waals surface area contributed by atoms with Gasteiger partial charge in [-0.15, -0.1) is 17.8 Å². The molecule has 0 aliphatic rings. The van der Waals surface area contributed by atoms with Crippen molar-refractivity contribution in [3.63, 3.8) is 0 Å². The van der Waals surface area contributed by atoms with Crippen LogP contribution >= 0.6 is 11.3 Å². The second kappa shape index (κ2) is 3.36. The molecule has 2 nitrogen and oxygen atoms in total. The minimum Gasteiger partial charge on any atom is -0.375 e. The second-order valence-electron chi connectivity index (χ2n) is 2.13. The number of aliphatic hydroxyl groups excluding tert-OH is 1. The van der Waals surface area contributed by atoms with Crippen LogP contribution < -0.4 is 0 Å². The molecule has 1 rings (SSSR count). The lowest BCUT2D eigenvalue weighted by atomic mass is 10.3. The molecular weight excluding hydrogens is 203 g/mol. The van der Waals surface area contributed by atoms with Gasteiger partial charge in [-0.2, -0.15) is 13.2 Å². The third-order valence-electron chi connectivity index (χ3n) is 1.19. The fourth-order valence-corrected chi connectivity index (χ4v) is 1.36. The van der Waals surface area contributed by atoms with Crippen molar-refractivity contribution in [2.24, 2.45) is 0 Å². The van der Waals surface area contributed by atoms with Gasteiger partial charge < -0.3 is 5.11 Å². The molecule has 0 radical (unpaired) electrons. The Labute approximate surface area is 76.0 Å². The molecule has 1 atom stereocenters. The average molecular weight is 207 g/mol. The summed E-state index contributed by atoms with van der Waals surface area (Å²) in [4.78, 5) is 3.12. The van der Waals surface area contributed by atoms with E-state index in [4.69, 9.17) is 11.5 Å². The van der Waals surface area contributed by atoms with Crippen molar-refractivity contribution in [1.29, 1.82) is 0 Å². The standard InChI is InChI=1S/C7H4F3NOS/c1-2-4(12)5-3-11-6(13-5)7(8,9)10/h1,3-4,12H. The predicted octanol–water partition coefficient (Wildman–Crippen LogP) is 1.83. The van der Waals surface area contributed by atoms with Crippen molar-refractivity contribution in [1.82, 2.24) is 4.98 Å². The van der Waals surface area contributed by atoms with Crippen molar-refractivity contribution < 1.29 is 18.3 Å². The lowest BCUT2D eigenvalue weighted by molar-refractivity contribution is -0.137. The first-order chi connectivity index (χ1) is 5.95. The highest BCUT2D eigenvalue weighted by atomic mass is 32.1. The van der Waals surface area contributed by atoms with Crippen molar-refractivity contribution in [3.05, 3.63) is 16.1 Å². The molecule has 1 heterocycles. The molecule has 1 unspecified atom stereocenters. The van der Waals surface area contributed by atoms with E-state index in [1.165, 1.54) is 0 Å². The normalized spacial score (nSPS) is 13.8. The maximum Gasteiger partial charge on any atom is 0.443 e. The number of halogens is 3. The summed E-state index contributed by atoms with van der Waals surface area (Å²) in [6.45, 7) is 0. The number of thiazole rings is 1.